The fraction of sp³-hybridized carbons (Fsp3) is 0.167. The van der Waals surface area contributed by atoms with Crippen LogP contribution in [0.15, 0.2) is 53.1 Å². The lowest BCUT2D eigenvalue weighted by atomic mass is 10.1. The van der Waals surface area contributed by atoms with Crippen molar-refractivity contribution < 1.29 is 18.8 Å². The summed E-state index contributed by atoms with van der Waals surface area (Å²) < 4.78 is 15.5. The monoisotopic (exact) mass is 324 g/mol. The van der Waals surface area contributed by atoms with Gasteiger partial charge in [0.05, 0.1) is 12.7 Å². The first-order chi connectivity index (χ1) is 11.7. The van der Waals surface area contributed by atoms with Crippen molar-refractivity contribution in [2.45, 2.75) is 13.5 Å². The average Bonchev–Trinajstić information content (AvgIpc) is 3.06. The number of ether oxygens (including phenoxy) is 2. The highest BCUT2D eigenvalue weighted by molar-refractivity contribution is 5.89. The topological polar surface area (TPSA) is 74.5 Å². The Balaban J connectivity index is 1.62. The van der Waals surface area contributed by atoms with E-state index in [1.54, 1.807) is 38.3 Å². The quantitative estimate of drug-likeness (QED) is 0.670. The Hall–Kier alpha value is -3.15. The summed E-state index contributed by atoms with van der Waals surface area (Å²) in [6, 6.07) is 14.2. The van der Waals surface area contributed by atoms with Crippen molar-refractivity contribution in [3.63, 3.8) is 0 Å². The highest BCUT2D eigenvalue weighted by atomic mass is 16.5. The van der Waals surface area contributed by atoms with Crippen LogP contribution in [0.3, 0.4) is 0 Å². The number of carbonyl (C=O) groups is 1. The Labute approximate surface area is 139 Å². The summed E-state index contributed by atoms with van der Waals surface area (Å²) in [4.78, 5) is 16.2. The summed E-state index contributed by atoms with van der Waals surface area (Å²) in [7, 11) is 1.61. The molecular weight excluding hydrogens is 308 g/mol. The fourth-order valence-corrected chi connectivity index (χ4v) is 2.12. The number of methoxy groups -OCH3 is 1. The van der Waals surface area contributed by atoms with Gasteiger partial charge in [0.15, 0.2) is 5.82 Å². The molecule has 3 aromatic rings. The van der Waals surface area contributed by atoms with E-state index in [4.69, 9.17) is 14.0 Å². The second-order valence-electron chi connectivity index (χ2n) is 5.15. The lowest BCUT2D eigenvalue weighted by Gasteiger charge is -2.06. The number of hydrogen-bond acceptors (Lipinski definition) is 6. The standard InChI is InChI=1S/C18H16N2O4/c1-12-19-17(24-20-12)14-5-7-15(8-6-14)18(21)23-11-13-3-9-16(22-2)10-4-13/h3-10H,11H2,1-2H3. The molecule has 0 bridgehead atoms. The second kappa shape index (κ2) is 6.95. The van der Waals surface area contributed by atoms with Crippen molar-refractivity contribution in [3.05, 3.63) is 65.5 Å². The van der Waals surface area contributed by atoms with Gasteiger partial charge in [-0.3, -0.25) is 0 Å². The van der Waals surface area contributed by atoms with E-state index >= 15 is 0 Å². The number of carbonyl (C=O) groups excluding carboxylic acids is 1. The van der Waals surface area contributed by atoms with Gasteiger partial charge in [0.25, 0.3) is 5.89 Å². The first kappa shape index (κ1) is 15.7. The van der Waals surface area contributed by atoms with Gasteiger partial charge in [-0.2, -0.15) is 4.98 Å². The average molecular weight is 324 g/mol. The maximum atomic E-state index is 12.1. The smallest absolute Gasteiger partial charge is 0.338 e. The summed E-state index contributed by atoms with van der Waals surface area (Å²) in [5.41, 5.74) is 2.10. The molecule has 24 heavy (non-hydrogen) atoms. The highest BCUT2D eigenvalue weighted by Crippen LogP contribution is 2.18. The van der Waals surface area contributed by atoms with Crippen LogP contribution in [0.4, 0.5) is 0 Å². The van der Waals surface area contributed by atoms with E-state index in [-0.39, 0.29) is 12.6 Å². The van der Waals surface area contributed by atoms with Crippen LogP contribution in [0.5, 0.6) is 5.75 Å². The minimum absolute atomic E-state index is 0.202. The fourth-order valence-electron chi connectivity index (χ4n) is 2.12. The van der Waals surface area contributed by atoms with E-state index < -0.39 is 0 Å². The molecule has 0 aliphatic heterocycles. The van der Waals surface area contributed by atoms with Crippen LogP contribution >= 0.6 is 0 Å². The summed E-state index contributed by atoms with van der Waals surface area (Å²) >= 11 is 0. The molecule has 2 aromatic carbocycles. The third-order valence-electron chi connectivity index (χ3n) is 3.42. The molecule has 0 radical (unpaired) electrons. The lowest BCUT2D eigenvalue weighted by molar-refractivity contribution is 0.0472. The van der Waals surface area contributed by atoms with E-state index in [1.165, 1.54) is 0 Å². The van der Waals surface area contributed by atoms with Crippen LogP contribution in [0.1, 0.15) is 21.7 Å². The number of esters is 1. The van der Waals surface area contributed by atoms with Gasteiger partial charge in [-0.05, 0) is 48.9 Å². The molecule has 6 nitrogen and oxygen atoms in total. The van der Waals surface area contributed by atoms with E-state index in [0.29, 0.717) is 17.3 Å². The first-order valence-electron chi connectivity index (χ1n) is 7.36. The number of rotatable bonds is 5. The van der Waals surface area contributed by atoms with Crippen LogP contribution in [0.2, 0.25) is 0 Å². The van der Waals surface area contributed by atoms with Crippen molar-refractivity contribution in [2.75, 3.05) is 7.11 Å². The van der Waals surface area contributed by atoms with Gasteiger partial charge in [0.2, 0.25) is 0 Å². The van der Waals surface area contributed by atoms with E-state index in [2.05, 4.69) is 10.1 Å². The molecular formula is C18H16N2O4. The van der Waals surface area contributed by atoms with Crippen LogP contribution in [-0.2, 0) is 11.3 Å². The first-order valence-corrected chi connectivity index (χ1v) is 7.36. The zero-order valence-electron chi connectivity index (χ0n) is 13.4. The molecule has 6 heteroatoms. The Kier molecular flexibility index (Phi) is 4.56. The predicted molar refractivity (Wildman–Crippen MR) is 86.6 cm³/mol. The van der Waals surface area contributed by atoms with Gasteiger partial charge >= 0.3 is 5.97 Å². The molecule has 0 amide bonds. The Morgan fingerprint density at radius 2 is 1.79 bits per heavy atom. The lowest BCUT2D eigenvalue weighted by Crippen LogP contribution is -2.05. The molecule has 0 fully saturated rings. The Bertz CT molecular complexity index is 823. The van der Waals surface area contributed by atoms with Crippen LogP contribution in [0, 0.1) is 6.92 Å². The Morgan fingerprint density at radius 1 is 1.08 bits per heavy atom. The normalized spacial score (nSPS) is 10.4. The maximum Gasteiger partial charge on any atom is 0.338 e. The molecule has 0 aliphatic rings. The SMILES string of the molecule is COc1ccc(COC(=O)c2ccc(-c3nc(C)no3)cc2)cc1. The molecule has 0 saturated carbocycles. The maximum absolute atomic E-state index is 12.1. The summed E-state index contributed by atoms with van der Waals surface area (Å²) in [6.45, 7) is 1.95. The number of aryl methyl sites for hydroxylation is 1. The minimum Gasteiger partial charge on any atom is -0.497 e. The minimum atomic E-state index is -0.390. The highest BCUT2D eigenvalue weighted by Gasteiger charge is 2.10. The van der Waals surface area contributed by atoms with Gasteiger partial charge < -0.3 is 14.0 Å². The molecule has 1 aromatic heterocycles. The molecule has 0 N–H and O–H groups in total. The zero-order chi connectivity index (χ0) is 16.9. The van der Waals surface area contributed by atoms with E-state index in [0.717, 1.165) is 16.9 Å². The summed E-state index contributed by atoms with van der Waals surface area (Å²) in [5.74, 6) is 1.36. The number of benzene rings is 2. The van der Waals surface area contributed by atoms with Gasteiger partial charge in [0.1, 0.15) is 12.4 Å². The van der Waals surface area contributed by atoms with Gasteiger partial charge in [0, 0.05) is 5.56 Å². The molecule has 0 aliphatic carbocycles. The van der Waals surface area contributed by atoms with Gasteiger partial charge in [-0.1, -0.05) is 17.3 Å². The predicted octanol–water partition coefficient (Wildman–Crippen LogP) is 3.41. The zero-order valence-corrected chi connectivity index (χ0v) is 13.4. The van der Waals surface area contributed by atoms with Gasteiger partial charge in [-0.15, -0.1) is 0 Å². The molecule has 3 rings (SSSR count). The van der Waals surface area contributed by atoms with E-state index in [9.17, 15) is 4.79 Å². The third-order valence-corrected chi connectivity index (χ3v) is 3.42. The van der Waals surface area contributed by atoms with Crippen LogP contribution < -0.4 is 4.74 Å². The van der Waals surface area contributed by atoms with Gasteiger partial charge in [-0.25, -0.2) is 4.79 Å². The van der Waals surface area contributed by atoms with Crippen molar-refractivity contribution in [1.29, 1.82) is 0 Å². The summed E-state index contributed by atoms with van der Waals surface area (Å²) in [6.07, 6.45) is 0. The Morgan fingerprint density at radius 3 is 2.38 bits per heavy atom. The van der Waals surface area contributed by atoms with Crippen LogP contribution in [-0.4, -0.2) is 23.2 Å². The van der Waals surface area contributed by atoms with Crippen LogP contribution in [0.25, 0.3) is 11.5 Å². The summed E-state index contributed by atoms with van der Waals surface area (Å²) in [5, 5.41) is 3.74. The molecule has 0 saturated heterocycles. The van der Waals surface area contributed by atoms with Crippen molar-refractivity contribution >= 4 is 5.97 Å². The van der Waals surface area contributed by atoms with Crippen molar-refractivity contribution in [1.82, 2.24) is 10.1 Å². The molecule has 122 valence electrons. The number of nitrogens with zero attached hydrogens (tertiary/aromatic N) is 2. The number of hydrogen-bond donors (Lipinski definition) is 0. The van der Waals surface area contributed by atoms with E-state index in [1.807, 2.05) is 24.3 Å². The largest absolute Gasteiger partial charge is 0.497 e. The second-order valence-corrected chi connectivity index (χ2v) is 5.15. The molecule has 0 unspecified atom stereocenters. The molecule has 0 atom stereocenters. The molecule has 1 heterocycles. The number of aromatic nitrogens is 2. The third kappa shape index (κ3) is 3.60. The molecule has 0 spiro atoms. The van der Waals surface area contributed by atoms with Crippen molar-refractivity contribution in [2.24, 2.45) is 0 Å². The van der Waals surface area contributed by atoms with Crippen molar-refractivity contribution in [3.8, 4) is 17.2 Å².